The molecule has 1 aromatic carbocycles. The number of carboxylic acid groups (broad SMARTS) is 1. The van der Waals surface area contributed by atoms with Gasteiger partial charge >= 0.3 is 5.97 Å². The van der Waals surface area contributed by atoms with E-state index in [1.165, 1.54) is 11.3 Å². The Bertz CT molecular complexity index is 661. The molecule has 1 aliphatic rings. The first-order valence-electron chi connectivity index (χ1n) is 6.07. The average molecular weight is 294 g/mol. The van der Waals surface area contributed by atoms with Gasteiger partial charge in [0.15, 0.2) is 0 Å². The number of thiazole rings is 1. The maximum absolute atomic E-state index is 11.3. The molecule has 3 nitrogen and oxygen atoms in total. The molecule has 98 valence electrons. The van der Waals surface area contributed by atoms with Crippen LogP contribution in [0.15, 0.2) is 18.2 Å². The highest BCUT2D eigenvalue weighted by Gasteiger charge is 2.32. The molecular formula is C14H12ClNO2S. The van der Waals surface area contributed by atoms with Crippen molar-refractivity contribution in [2.24, 2.45) is 0 Å². The summed E-state index contributed by atoms with van der Waals surface area (Å²) >= 11 is 7.34. The Hall–Kier alpha value is -1.39. The number of carboxylic acids is 1. The van der Waals surface area contributed by atoms with Crippen molar-refractivity contribution >= 4 is 28.9 Å². The lowest BCUT2D eigenvalue weighted by atomic mass is 10.1. The monoisotopic (exact) mass is 293 g/mol. The zero-order valence-corrected chi connectivity index (χ0v) is 11.9. The summed E-state index contributed by atoms with van der Waals surface area (Å²) in [4.78, 5) is 16.1. The highest BCUT2D eigenvalue weighted by Crippen LogP contribution is 2.44. The largest absolute Gasteiger partial charge is 0.477 e. The second-order valence-electron chi connectivity index (χ2n) is 4.78. The van der Waals surface area contributed by atoms with Gasteiger partial charge in [0.2, 0.25) is 0 Å². The number of aromatic carboxylic acids is 1. The Kier molecular flexibility index (Phi) is 3.07. The summed E-state index contributed by atoms with van der Waals surface area (Å²) in [6.45, 7) is 1.94. The van der Waals surface area contributed by atoms with Gasteiger partial charge in [0.05, 0.1) is 5.69 Å². The number of halogens is 1. The van der Waals surface area contributed by atoms with Crippen molar-refractivity contribution in [3.05, 3.63) is 39.4 Å². The molecule has 1 saturated carbocycles. The quantitative estimate of drug-likeness (QED) is 0.915. The smallest absolute Gasteiger partial charge is 0.347 e. The van der Waals surface area contributed by atoms with Crippen molar-refractivity contribution in [1.82, 2.24) is 4.98 Å². The molecule has 0 spiro atoms. The fourth-order valence-electron chi connectivity index (χ4n) is 1.97. The van der Waals surface area contributed by atoms with E-state index in [4.69, 9.17) is 11.6 Å². The number of aromatic nitrogens is 1. The lowest BCUT2D eigenvalue weighted by molar-refractivity contribution is 0.0700. The van der Waals surface area contributed by atoms with Crippen LogP contribution in [0.25, 0.3) is 10.6 Å². The summed E-state index contributed by atoms with van der Waals surface area (Å²) < 4.78 is 0. The van der Waals surface area contributed by atoms with Crippen LogP contribution in [-0.4, -0.2) is 16.1 Å². The molecule has 0 saturated heterocycles. The third kappa shape index (κ3) is 2.38. The highest BCUT2D eigenvalue weighted by atomic mass is 35.5. The Morgan fingerprint density at radius 2 is 2.21 bits per heavy atom. The van der Waals surface area contributed by atoms with Gasteiger partial charge in [-0.15, -0.1) is 11.3 Å². The maximum atomic E-state index is 11.3. The molecule has 0 aliphatic heterocycles. The second kappa shape index (κ2) is 4.62. The fraction of sp³-hybridized carbons (Fsp3) is 0.286. The van der Waals surface area contributed by atoms with Crippen molar-refractivity contribution < 1.29 is 9.90 Å². The fourth-order valence-corrected chi connectivity index (χ4v) is 3.13. The van der Waals surface area contributed by atoms with Crippen LogP contribution >= 0.6 is 22.9 Å². The average Bonchev–Trinajstić information content (AvgIpc) is 3.11. The lowest BCUT2D eigenvalue weighted by Crippen LogP contribution is -1.97. The molecule has 1 aliphatic carbocycles. The predicted molar refractivity (Wildman–Crippen MR) is 76.2 cm³/mol. The van der Waals surface area contributed by atoms with Crippen LogP contribution in [-0.2, 0) is 0 Å². The van der Waals surface area contributed by atoms with Crippen molar-refractivity contribution in [2.75, 3.05) is 0 Å². The molecule has 0 bridgehead atoms. The van der Waals surface area contributed by atoms with E-state index in [9.17, 15) is 9.90 Å². The van der Waals surface area contributed by atoms with Crippen LogP contribution in [0.4, 0.5) is 0 Å². The molecule has 0 amide bonds. The highest BCUT2D eigenvalue weighted by molar-refractivity contribution is 7.17. The van der Waals surface area contributed by atoms with Gasteiger partial charge in [-0.2, -0.15) is 0 Å². The molecule has 1 fully saturated rings. The van der Waals surface area contributed by atoms with Crippen LogP contribution in [0.3, 0.4) is 0 Å². The second-order valence-corrected chi connectivity index (χ2v) is 6.18. The Morgan fingerprint density at radius 3 is 2.79 bits per heavy atom. The molecular weight excluding hydrogens is 282 g/mol. The Balaban J connectivity index is 2.07. The van der Waals surface area contributed by atoms with E-state index >= 15 is 0 Å². The molecule has 0 radical (unpaired) electrons. The summed E-state index contributed by atoms with van der Waals surface area (Å²) in [7, 11) is 0. The van der Waals surface area contributed by atoms with Gasteiger partial charge in [-0.25, -0.2) is 9.78 Å². The van der Waals surface area contributed by atoms with Gasteiger partial charge in [-0.3, -0.25) is 0 Å². The summed E-state index contributed by atoms with van der Waals surface area (Å²) in [6, 6.07) is 5.71. The molecule has 1 aromatic heterocycles. The Labute approximate surface area is 119 Å². The molecule has 1 N–H and O–H groups in total. The number of rotatable bonds is 3. The van der Waals surface area contributed by atoms with Gasteiger partial charge in [-0.1, -0.05) is 23.7 Å². The van der Waals surface area contributed by atoms with Crippen molar-refractivity contribution in [3.8, 4) is 10.6 Å². The number of aryl methyl sites for hydroxylation is 1. The molecule has 5 heteroatoms. The van der Waals surface area contributed by atoms with Gasteiger partial charge in [0, 0.05) is 16.5 Å². The molecule has 1 heterocycles. The van der Waals surface area contributed by atoms with Crippen molar-refractivity contribution in [1.29, 1.82) is 0 Å². The molecule has 3 rings (SSSR count). The number of carbonyl (C=O) groups is 1. The summed E-state index contributed by atoms with van der Waals surface area (Å²) in [5, 5.41) is 10.7. The molecule has 0 atom stereocenters. The van der Waals surface area contributed by atoms with Crippen molar-refractivity contribution in [3.63, 3.8) is 0 Å². The minimum atomic E-state index is -0.885. The number of benzene rings is 1. The van der Waals surface area contributed by atoms with Crippen molar-refractivity contribution in [2.45, 2.75) is 25.7 Å². The first kappa shape index (κ1) is 12.6. The van der Waals surface area contributed by atoms with E-state index in [-0.39, 0.29) is 0 Å². The predicted octanol–water partition coefficient (Wildman–Crippen LogP) is 4.35. The third-order valence-electron chi connectivity index (χ3n) is 3.23. The number of hydrogen-bond acceptors (Lipinski definition) is 3. The van der Waals surface area contributed by atoms with Crippen LogP contribution in [0, 0.1) is 6.92 Å². The zero-order valence-electron chi connectivity index (χ0n) is 10.3. The van der Waals surface area contributed by atoms with E-state index in [1.807, 2.05) is 25.1 Å². The SMILES string of the molecule is Cc1ccc(-c2nc(C3CC3)c(C(=O)O)s2)cc1Cl. The van der Waals surface area contributed by atoms with Gasteiger partial charge in [0.1, 0.15) is 9.88 Å². The van der Waals surface area contributed by atoms with Crippen LogP contribution in [0.5, 0.6) is 0 Å². The number of hydrogen-bond donors (Lipinski definition) is 1. The van der Waals surface area contributed by atoms with E-state index in [1.54, 1.807) is 0 Å². The topological polar surface area (TPSA) is 50.2 Å². The molecule has 2 aromatic rings. The minimum Gasteiger partial charge on any atom is -0.477 e. The van der Waals surface area contributed by atoms with Crippen LogP contribution in [0.1, 0.15) is 39.7 Å². The maximum Gasteiger partial charge on any atom is 0.347 e. The van der Waals surface area contributed by atoms with Crippen LogP contribution in [0.2, 0.25) is 5.02 Å². The summed E-state index contributed by atoms with van der Waals surface area (Å²) in [5.74, 6) is -0.555. The summed E-state index contributed by atoms with van der Waals surface area (Å²) in [6.07, 6.45) is 2.08. The third-order valence-corrected chi connectivity index (χ3v) is 4.75. The van der Waals surface area contributed by atoms with Gasteiger partial charge in [0.25, 0.3) is 0 Å². The normalized spacial score (nSPS) is 14.6. The Morgan fingerprint density at radius 1 is 1.47 bits per heavy atom. The van der Waals surface area contributed by atoms with E-state index in [0.717, 1.165) is 34.7 Å². The van der Waals surface area contributed by atoms with E-state index in [0.29, 0.717) is 15.8 Å². The minimum absolute atomic E-state index is 0.331. The first-order chi connectivity index (χ1) is 9.06. The van der Waals surface area contributed by atoms with E-state index in [2.05, 4.69) is 4.98 Å². The van der Waals surface area contributed by atoms with Gasteiger partial charge < -0.3 is 5.11 Å². The molecule has 19 heavy (non-hydrogen) atoms. The zero-order chi connectivity index (χ0) is 13.6. The molecule has 0 unspecified atom stereocenters. The van der Waals surface area contributed by atoms with Crippen LogP contribution < -0.4 is 0 Å². The first-order valence-corrected chi connectivity index (χ1v) is 7.26. The summed E-state index contributed by atoms with van der Waals surface area (Å²) in [5.41, 5.74) is 2.63. The lowest BCUT2D eigenvalue weighted by Gasteiger charge is -2.00. The number of nitrogens with zero attached hydrogens (tertiary/aromatic N) is 1. The van der Waals surface area contributed by atoms with Gasteiger partial charge in [-0.05, 0) is 31.4 Å². The standard InChI is InChI=1S/C14H12ClNO2S/c1-7-2-3-9(6-10(7)15)13-16-11(8-4-5-8)12(19-13)14(17)18/h2-3,6,8H,4-5H2,1H3,(H,17,18). The van der Waals surface area contributed by atoms with E-state index < -0.39 is 5.97 Å².